The van der Waals surface area contributed by atoms with E-state index in [1.54, 1.807) is 0 Å². The van der Waals surface area contributed by atoms with Gasteiger partial charge in [0, 0.05) is 19.4 Å². The zero-order valence-electron chi connectivity index (χ0n) is 18.7. The molecule has 34 heavy (non-hydrogen) atoms. The number of rotatable bonds is 10. The smallest absolute Gasteiger partial charge is 0.407 e. The fraction of sp³-hybridized carbons (Fsp3) is 0.375. The van der Waals surface area contributed by atoms with Gasteiger partial charge in [0.2, 0.25) is 12.3 Å². The topological polar surface area (TPSA) is 114 Å². The normalized spacial score (nSPS) is 15.1. The first-order valence-corrected chi connectivity index (χ1v) is 10.6. The Labute approximate surface area is 195 Å². The van der Waals surface area contributed by atoms with Gasteiger partial charge >= 0.3 is 12.1 Å². The Balaban J connectivity index is 1.69. The molecule has 0 saturated heterocycles. The summed E-state index contributed by atoms with van der Waals surface area (Å²) in [5.41, 5.74) is 2.11. The van der Waals surface area contributed by atoms with Crippen LogP contribution in [-0.4, -0.2) is 61.4 Å². The maximum atomic E-state index is 13.1. The molecule has 0 saturated carbocycles. The fourth-order valence-electron chi connectivity index (χ4n) is 3.99. The average molecular weight is 476 g/mol. The van der Waals surface area contributed by atoms with E-state index in [-0.39, 0.29) is 12.5 Å². The minimum atomic E-state index is -2.93. The maximum absolute atomic E-state index is 13.1. The molecule has 2 amide bonds. The van der Waals surface area contributed by atoms with Crippen molar-refractivity contribution in [1.82, 2.24) is 10.6 Å². The Morgan fingerprint density at radius 1 is 1.06 bits per heavy atom. The van der Waals surface area contributed by atoms with Gasteiger partial charge in [-0.3, -0.25) is 4.79 Å². The van der Waals surface area contributed by atoms with Crippen LogP contribution >= 0.6 is 0 Å². The number of benzene rings is 2. The summed E-state index contributed by atoms with van der Waals surface area (Å²) in [4.78, 5) is 36.5. The highest BCUT2D eigenvalue weighted by molar-refractivity contribution is 5.91. The van der Waals surface area contributed by atoms with E-state index in [0.717, 1.165) is 22.3 Å². The van der Waals surface area contributed by atoms with Crippen LogP contribution in [0, 0.1) is 0 Å². The molecule has 0 heterocycles. The third-order valence-electron chi connectivity index (χ3n) is 5.67. The monoisotopic (exact) mass is 476 g/mol. The lowest BCUT2D eigenvalue weighted by Gasteiger charge is -2.28. The van der Waals surface area contributed by atoms with Crippen LogP contribution in [0.4, 0.5) is 13.6 Å². The molecular formula is C24H26F2N2O6. The van der Waals surface area contributed by atoms with Crippen molar-refractivity contribution in [2.45, 2.75) is 37.3 Å². The lowest BCUT2D eigenvalue weighted by Crippen LogP contribution is -2.60. The van der Waals surface area contributed by atoms with Crippen molar-refractivity contribution in [3.63, 3.8) is 0 Å². The van der Waals surface area contributed by atoms with Gasteiger partial charge in [0.15, 0.2) is 5.54 Å². The molecule has 0 spiro atoms. The zero-order valence-corrected chi connectivity index (χ0v) is 18.7. The molecule has 8 nitrogen and oxygen atoms in total. The number of alkyl carbamates (subject to hydrolysis) is 1. The van der Waals surface area contributed by atoms with E-state index in [4.69, 9.17) is 9.47 Å². The first kappa shape index (κ1) is 25.1. The van der Waals surface area contributed by atoms with Crippen LogP contribution < -0.4 is 10.6 Å². The third kappa shape index (κ3) is 5.51. The molecule has 1 aliphatic rings. The van der Waals surface area contributed by atoms with Crippen molar-refractivity contribution in [3.8, 4) is 11.1 Å². The number of methoxy groups -OCH3 is 1. The zero-order chi connectivity index (χ0) is 24.9. The van der Waals surface area contributed by atoms with Crippen molar-refractivity contribution in [3.05, 3.63) is 59.7 Å². The molecule has 0 fully saturated rings. The first-order valence-electron chi connectivity index (χ1n) is 10.6. The summed E-state index contributed by atoms with van der Waals surface area (Å²) in [5.74, 6) is -2.76. The molecule has 0 radical (unpaired) electrons. The van der Waals surface area contributed by atoms with Gasteiger partial charge in [-0.1, -0.05) is 48.5 Å². The highest BCUT2D eigenvalue weighted by atomic mass is 19.3. The maximum Gasteiger partial charge on any atom is 0.407 e. The molecule has 3 rings (SSSR count). The van der Waals surface area contributed by atoms with Crippen molar-refractivity contribution in [2.75, 3.05) is 20.3 Å². The SMILES string of the molecule is COCC(C)(NC(=O)C(CC(F)F)NC(=O)OCC1c2ccccc2-c2ccccc21)C(=O)O. The van der Waals surface area contributed by atoms with E-state index in [0.29, 0.717) is 0 Å². The third-order valence-corrected chi connectivity index (χ3v) is 5.67. The highest BCUT2D eigenvalue weighted by Gasteiger charge is 2.38. The number of fused-ring (bicyclic) bond motifs is 3. The molecule has 10 heteroatoms. The lowest BCUT2D eigenvalue weighted by atomic mass is 9.98. The molecule has 3 N–H and O–H groups in total. The lowest BCUT2D eigenvalue weighted by molar-refractivity contribution is -0.149. The Hall–Kier alpha value is -3.53. The van der Waals surface area contributed by atoms with Crippen LogP contribution in [0.2, 0.25) is 0 Å². The number of ether oxygens (including phenoxy) is 2. The van der Waals surface area contributed by atoms with Gasteiger partial charge in [0.1, 0.15) is 12.6 Å². The molecule has 2 unspecified atom stereocenters. The highest BCUT2D eigenvalue weighted by Crippen LogP contribution is 2.44. The quantitative estimate of drug-likeness (QED) is 0.486. The Bertz CT molecular complexity index is 1020. The van der Waals surface area contributed by atoms with E-state index >= 15 is 0 Å². The molecule has 2 aromatic rings. The first-order chi connectivity index (χ1) is 16.2. The van der Waals surface area contributed by atoms with E-state index < -0.39 is 49.0 Å². The van der Waals surface area contributed by atoms with Gasteiger partial charge in [-0.05, 0) is 29.2 Å². The summed E-state index contributed by atoms with van der Waals surface area (Å²) in [6.45, 7) is 0.698. The molecule has 0 bridgehead atoms. The number of hydrogen-bond donors (Lipinski definition) is 3. The van der Waals surface area contributed by atoms with E-state index in [1.807, 2.05) is 48.5 Å². The number of carboxylic acid groups (broad SMARTS) is 1. The summed E-state index contributed by atoms with van der Waals surface area (Å²) in [5, 5.41) is 13.7. The van der Waals surface area contributed by atoms with Gasteiger partial charge in [-0.2, -0.15) is 0 Å². The molecule has 2 aromatic carbocycles. The number of amides is 2. The number of carboxylic acids is 1. The second-order valence-electron chi connectivity index (χ2n) is 8.21. The van der Waals surface area contributed by atoms with Crippen LogP contribution in [0.1, 0.15) is 30.4 Å². The van der Waals surface area contributed by atoms with Gasteiger partial charge in [0.25, 0.3) is 0 Å². The van der Waals surface area contributed by atoms with E-state index in [9.17, 15) is 28.3 Å². The number of carbonyl (C=O) groups excluding carboxylic acids is 2. The minimum absolute atomic E-state index is 0.0700. The van der Waals surface area contributed by atoms with Crippen LogP contribution in [0.5, 0.6) is 0 Å². The predicted octanol–water partition coefficient (Wildman–Crippen LogP) is 3.15. The molecule has 0 aromatic heterocycles. The number of hydrogen-bond acceptors (Lipinski definition) is 5. The van der Waals surface area contributed by atoms with E-state index in [2.05, 4.69) is 10.6 Å². The predicted molar refractivity (Wildman–Crippen MR) is 119 cm³/mol. The molecular weight excluding hydrogens is 450 g/mol. The van der Waals surface area contributed by atoms with Gasteiger partial charge in [0.05, 0.1) is 6.61 Å². The standard InChI is InChI=1S/C24H26F2N2O6/c1-24(13-33-2,22(30)31)28-21(29)19(11-20(25)26)27-23(32)34-12-18-16-9-5-3-7-14(16)15-8-4-6-10-17(15)18/h3-10,18-20H,11-13H2,1-2H3,(H,27,32)(H,28,29)(H,30,31). The van der Waals surface area contributed by atoms with Gasteiger partial charge < -0.3 is 25.2 Å². The second-order valence-corrected chi connectivity index (χ2v) is 8.21. The van der Waals surface area contributed by atoms with Crippen molar-refractivity contribution < 1.29 is 37.7 Å². The van der Waals surface area contributed by atoms with Crippen LogP contribution in [0.15, 0.2) is 48.5 Å². The Kier molecular flexibility index (Phi) is 7.83. The van der Waals surface area contributed by atoms with Crippen LogP contribution in [-0.2, 0) is 19.1 Å². The van der Waals surface area contributed by atoms with Crippen molar-refractivity contribution in [1.29, 1.82) is 0 Å². The second kappa shape index (κ2) is 10.6. The van der Waals surface area contributed by atoms with Crippen LogP contribution in [0.25, 0.3) is 11.1 Å². The Morgan fingerprint density at radius 2 is 1.62 bits per heavy atom. The van der Waals surface area contributed by atoms with E-state index in [1.165, 1.54) is 14.0 Å². The summed E-state index contributed by atoms with van der Waals surface area (Å²) in [6, 6.07) is 13.7. The van der Waals surface area contributed by atoms with Crippen LogP contribution in [0.3, 0.4) is 0 Å². The number of halogens is 2. The largest absolute Gasteiger partial charge is 0.479 e. The summed E-state index contributed by atoms with van der Waals surface area (Å²) in [7, 11) is 1.24. The molecule has 182 valence electrons. The molecule has 0 aliphatic heterocycles. The summed E-state index contributed by atoms with van der Waals surface area (Å²) < 4.78 is 36.3. The minimum Gasteiger partial charge on any atom is -0.479 e. The molecule has 1 aliphatic carbocycles. The number of nitrogens with one attached hydrogen (secondary N) is 2. The number of alkyl halides is 2. The fourth-order valence-corrected chi connectivity index (χ4v) is 3.99. The van der Waals surface area contributed by atoms with Gasteiger partial charge in [-0.15, -0.1) is 0 Å². The number of carbonyl (C=O) groups is 3. The number of aliphatic carboxylic acids is 1. The average Bonchev–Trinajstić information content (AvgIpc) is 3.10. The van der Waals surface area contributed by atoms with Crippen molar-refractivity contribution in [2.24, 2.45) is 0 Å². The van der Waals surface area contributed by atoms with Gasteiger partial charge in [-0.25, -0.2) is 18.4 Å². The molecule has 2 atom stereocenters. The van der Waals surface area contributed by atoms with Crippen molar-refractivity contribution >= 4 is 18.0 Å². The summed E-state index contributed by atoms with van der Waals surface area (Å²) >= 11 is 0. The Morgan fingerprint density at radius 3 is 2.12 bits per heavy atom. The summed E-state index contributed by atoms with van der Waals surface area (Å²) in [6.07, 6.45) is -5.01.